The van der Waals surface area contributed by atoms with Gasteiger partial charge >= 0.3 is 0 Å². The van der Waals surface area contributed by atoms with Crippen LogP contribution in [0.25, 0.3) is 0 Å². The fourth-order valence-corrected chi connectivity index (χ4v) is 2.17. The number of nitrogen functional groups attached to an aromatic ring is 1. The number of nitrogens with zero attached hydrogens (tertiary/aromatic N) is 1. The first-order valence-electron chi connectivity index (χ1n) is 6.71. The van der Waals surface area contributed by atoms with E-state index < -0.39 is 0 Å². The Hall–Kier alpha value is -2.40. The van der Waals surface area contributed by atoms with Gasteiger partial charge in [-0.25, -0.2) is 4.39 Å². The van der Waals surface area contributed by atoms with Gasteiger partial charge in [-0.15, -0.1) is 0 Å². The molecule has 0 bridgehead atoms. The van der Waals surface area contributed by atoms with Crippen molar-refractivity contribution in [1.82, 2.24) is 0 Å². The average Bonchev–Trinajstić information content (AvgIpc) is 2.49. The summed E-state index contributed by atoms with van der Waals surface area (Å²) in [5, 5.41) is 0. The number of halogens is 1. The number of carbonyl (C=O) groups excluding carboxylic acids is 1. The Kier molecular flexibility index (Phi) is 4.55. The first kappa shape index (κ1) is 15.0. The van der Waals surface area contributed by atoms with Crippen LogP contribution < -0.4 is 16.2 Å². The second kappa shape index (κ2) is 6.37. The third kappa shape index (κ3) is 3.20. The second-order valence-corrected chi connectivity index (χ2v) is 4.72. The monoisotopic (exact) mass is 287 g/mol. The summed E-state index contributed by atoms with van der Waals surface area (Å²) in [4.78, 5) is 14.3. The van der Waals surface area contributed by atoms with E-state index in [4.69, 9.17) is 5.84 Å². The van der Waals surface area contributed by atoms with E-state index in [1.807, 2.05) is 19.9 Å². The van der Waals surface area contributed by atoms with Crippen molar-refractivity contribution < 1.29 is 9.18 Å². The molecule has 0 radical (unpaired) electrons. The maximum atomic E-state index is 13.0. The molecule has 0 aliphatic rings. The second-order valence-electron chi connectivity index (χ2n) is 4.72. The number of anilines is 2. The molecule has 21 heavy (non-hydrogen) atoms. The van der Waals surface area contributed by atoms with Gasteiger partial charge < -0.3 is 10.3 Å². The zero-order chi connectivity index (χ0) is 15.4. The lowest BCUT2D eigenvalue weighted by atomic mass is 10.1. The summed E-state index contributed by atoms with van der Waals surface area (Å²) >= 11 is 0. The molecule has 2 aromatic carbocycles. The van der Waals surface area contributed by atoms with Gasteiger partial charge in [-0.05, 0) is 50.2 Å². The third-order valence-electron chi connectivity index (χ3n) is 3.26. The first-order chi connectivity index (χ1) is 10.1. The normalized spacial score (nSPS) is 10.3. The van der Waals surface area contributed by atoms with Crippen molar-refractivity contribution in [3.63, 3.8) is 0 Å². The molecule has 0 aliphatic carbocycles. The smallest absolute Gasteiger partial charge is 0.260 e. The standard InChI is InChI=1S/C16H18FN3O/c1-3-20(13-7-5-12(17)6-8-13)16(21)14-10-11(2)4-9-15(14)19-18/h4-10,19H,3,18H2,1-2H3. The van der Waals surface area contributed by atoms with Crippen molar-refractivity contribution in [2.75, 3.05) is 16.9 Å². The van der Waals surface area contributed by atoms with Gasteiger partial charge in [0.05, 0.1) is 11.3 Å². The largest absolute Gasteiger partial charge is 0.323 e. The number of amides is 1. The molecule has 0 aromatic heterocycles. The molecule has 0 atom stereocenters. The summed E-state index contributed by atoms with van der Waals surface area (Å²) in [6.07, 6.45) is 0. The van der Waals surface area contributed by atoms with Crippen LogP contribution in [0.5, 0.6) is 0 Å². The van der Waals surface area contributed by atoms with Crippen LogP contribution >= 0.6 is 0 Å². The van der Waals surface area contributed by atoms with Crippen LogP contribution in [0.3, 0.4) is 0 Å². The van der Waals surface area contributed by atoms with E-state index in [1.54, 1.807) is 29.2 Å². The minimum Gasteiger partial charge on any atom is -0.323 e. The highest BCUT2D eigenvalue weighted by atomic mass is 19.1. The predicted molar refractivity (Wildman–Crippen MR) is 82.7 cm³/mol. The fraction of sp³-hybridized carbons (Fsp3) is 0.188. The van der Waals surface area contributed by atoms with E-state index in [2.05, 4.69) is 5.43 Å². The lowest BCUT2D eigenvalue weighted by Crippen LogP contribution is -2.31. The SMILES string of the molecule is CCN(C(=O)c1cc(C)ccc1NN)c1ccc(F)cc1. The lowest BCUT2D eigenvalue weighted by molar-refractivity contribution is 0.0989. The van der Waals surface area contributed by atoms with Gasteiger partial charge in [-0.2, -0.15) is 0 Å². The number of hydrazine groups is 1. The average molecular weight is 287 g/mol. The topological polar surface area (TPSA) is 58.4 Å². The number of benzene rings is 2. The lowest BCUT2D eigenvalue weighted by Gasteiger charge is -2.22. The van der Waals surface area contributed by atoms with Gasteiger partial charge in [0.15, 0.2) is 0 Å². The van der Waals surface area contributed by atoms with Gasteiger partial charge in [0.25, 0.3) is 5.91 Å². The Bertz CT molecular complexity index is 640. The van der Waals surface area contributed by atoms with Crippen LogP contribution in [0, 0.1) is 12.7 Å². The highest BCUT2D eigenvalue weighted by molar-refractivity contribution is 6.09. The van der Waals surface area contributed by atoms with Gasteiger partial charge in [0.1, 0.15) is 5.82 Å². The van der Waals surface area contributed by atoms with E-state index in [0.29, 0.717) is 23.5 Å². The molecule has 0 aliphatic heterocycles. The molecule has 2 aromatic rings. The first-order valence-corrected chi connectivity index (χ1v) is 6.71. The van der Waals surface area contributed by atoms with Crippen molar-refractivity contribution in [1.29, 1.82) is 0 Å². The molecule has 3 N–H and O–H groups in total. The van der Waals surface area contributed by atoms with Crippen molar-refractivity contribution in [2.24, 2.45) is 5.84 Å². The Morgan fingerprint density at radius 1 is 1.24 bits per heavy atom. The number of nitrogens with two attached hydrogens (primary N) is 1. The molecule has 0 saturated heterocycles. The quantitative estimate of drug-likeness (QED) is 0.671. The number of hydrogen-bond acceptors (Lipinski definition) is 3. The van der Waals surface area contributed by atoms with Crippen LogP contribution in [-0.4, -0.2) is 12.5 Å². The summed E-state index contributed by atoms with van der Waals surface area (Å²) in [6, 6.07) is 11.3. The molecule has 0 saturated carbocycles. The van der Waals surface area contributed by atoms with Gasteiger partial charge in [0.2, 0.25) is 0 Å². The fourth-order valence-electron chi connectivity index (χ4n) is 2.17. The Morgan fingerprint density at radius 2 is 1.90 bits per heavy atom. The zero-order valence-electron chi connectivity index (χ0n) is 12.1. The van der Waals surface area contributed by atoms with E-state index in [1.165, 1.54) is 12.1 Å². The molecule has 0 spiro atoms. The van der Waals surface area contributed by atoms with E-state index in [0.717, 1.165) is 5.56 Å². The van der Waals surface area contributed by atoms with Crippen LogP contribution in [0.4, 0.5) is 15.8 Å². The van der Waals surface area contributed by atoms with Gasteiger partial charge in [-0.3, -0.25) is 10.6 Å². The van der Waals surface area contributed by atoms with Crippen molar-refractivity contribution in [2.45, 2.75) is 13.8 Å². The predicted octanol–water partition coefficient (Wildman–Crippen LogP) is 3.09. The zero-order valence-corrected chi connectivity index (χ0v) is 12.1. The van der Waals surface area contributed by atoms with Gasteiger partial charge in [-0.1, -0.05) is 11.6 Å². The third-order valence-corrected chi connectivity index (χ3v) is 3.26. The molecule has 0 unspecified atom stereocenters. The molecule has 4 nitrogen and oxygen atoms in total. The summed E-state index contributed by atoms with van der Waals surface area (Å²) in [6.45, 7) is 4.25. The van der Waals surface area contributed by atoms with E-state index >= 15 is 0 Å². The molecule has 0 heterocycles. The highest BCUT2D eigenvalue weighted by Crippen LogP contribution is 2.22. The highest BCUT2D eigenvalue weighted by Gasteiger charge is 2.19. The van der Waals surface area contributed by atoms with Crippen molar-refractivity contribution >= 4 is 17.3 Å². The molecule has 5 heteroatoms. The summed E-state index contributed by atoms with van der Waals surface area (Å²) in [5.74, 6) is 4.96. The van der Waals surface area contributed by atoms with Crippen LogP contribution in [0.2, 0.25) is 0 Å². The number of nitrogens with one attached hydrogen (secondary N) is 1. The number of rotatable bonds is 4. The minimum absolute atomic E-state index is 0.180. The minimum atomic E-state index is -0.331. The Labute approximate surface area is 123 Å². The van der Waals surface area contributed by atoms with E-state index in [-0.39, 0.29) is 11.7 Å². The maximum absolute atomic E-state index is 13.0. The molecular weight excluding hydrogens is 269 g/mol. The number of carbonyl (C=O) groups is 1. The Morgan fingerprint density at radius 3 is 2.48 bits per heavy atom. The van der Waals surface area contributed by atoms with Crippen molar-refractivity contribution in [3.05, 3.63) is 59.4 Å². The molecule has 0 fully saturated rings. The number of hydrogen-bond donors (Lipinski definition) is 2. The van der Waals surface area contributed by atoms with Crippen LogP contribution in [0.15, 0.2) is 42.5 Å². The van der Waals surface area contributed by atoms with Crippen LogP contribution in [-0.2, 0) is 0 Å². The molecular formula is C16H18FN3O. The molecule has 110 valence electrons. The van der Waals surface area contributed by atoms with Gasteiger partial charge in [0, 0.05) is 12.2 Å². The molecule has 1 amide bonds. The summed E-state index contributed by atoms with van der Waals surface area (Å²) in [5.41, 5.74) is 5.20. The summed E-state index contributed by atoms with van der Waals surface area (Å²) < 4.78 is 13.0. The summed E-state index contributed by atoms with van der Waals surface area (Å²) in [7, 11) is 0. The van der Waals surface area contributed by atoms with Crippen molar-refractivity contribution in [3.8, 4) is 0 Å². The maximum Gasteiger partial charge on any atom is 0.260 e. The Balaban J connectivity index is 2.41. The van der Waals surface area contributed by atoms with Crippen LogP contribution in [0.1, 0.15) is 22.8 Å². The van der Waals surface area contributed by atoms with E-state index in [9.17, 15) is 9.18 Å². The number of aryl methyl sites for hydroxylation is 1. The molecule has 2 rings (SSSR count).